The molecule has 2 nitrogen and oxygen atoms in total. The highest BCUT2D eigenvalue weighted by Crippen LogP contribution is 2.22. The molecule has 0 saturated carbocycles. The van der Waals surface area contributed by atoms with Gasteiger partial charge in [0.25, 0.3) is 0 Å². The van der Waals surface area contributed by atoms with Crippen LogP contribution in [0.4, 0.5) is 4.39 Å². The van der Waals surface area contributed by atoms with E-state index in [9.17, 15) is 4.39 Å². The second kappa shape index (κ2) is 5.75. The minimum Gasteiger partial charge on any atom is -0.372 e. The van der Waals surface area contributed by atoms with Crippen LogP contribution in [0, 0.1) is 5.82 Å². The van der Waals surface area contributed by atoms with Crippen LogP contribution in [-0.4, -0.2) is 19.2 Å². The first-order valence-electron chi connectivity index (χ1n) is 5.52. The van der Waals surface area contributed by atoms with Gasteiger partial charge in [-0.05, 0) is 46.9 Å². The number of ether oxygens (including phenoxy) is 1. The van der Waals surface area contributed by atoms with Crippen molar-refractivity contribution < 1.29 is 9.13 Å². The van der Waals surface area contributed by atoms with Crippen LogP contribution in [0.5, 0.6) is 0 Å². The predicted octanol–water partition coefficient (Wildman–Crippen LogP) is 2.86. The molecule has 4 heteroatoms. The van der Waals surface area contributed by atoms with Crippen molar-refractivity contribution in [1.82, 2.24) is 5.32 Å². The van der Waals surface area contributed by atoms with E-state index >= 15 is 0 Å². The average molecular weight is 288 g/mol. The fourth-order valence-corrected chi connectivity index (χ4v) is 2.21. The lowest BCUT2D eigenvalue weighted by Gasteiger charge is -2.23. The van der Waals surface area contributed by atoms with Crippen LogP contribution >= 0.6 is 15.9 Å². The topological polar surface area (TPSA) is 21.3 Å². The number of benzene rings is 1. The van der Waals surface area contributed by atoms with Crippen LogP contribution in [0.1, 0.15) is 18.4 Å². The molecule has 1 aliphatic rings. The van der Waals surface area contributed by atoms with Gasteiger partial charge >= 0.3 is 0 Å². The van der Waals surface area contributed by atoms with Gasteiger partial charge in [0, 0.05) is 6.54 Å². The molecule has 1 aromatic carbocycles. The molecule has 1 saturated heterocycles. The van der Waals surface area contributed by atoms with Crippen LogP contribution < -0.4 is 5.32 Å². The van der Waals surface area contributed by atoms with Gasteiger partial charge in [-0.3, -0.25) is 0 Å². The Morgan fingerprint density at radius 1 is 1.50 bits per heavy atom. The zero-order valence-electron chi connectivity index (χ0n) is 9.01. The molecule has 1 aliphatic heterocycles. The van der Waals surface area contributed by atoms with Crippen LogP contribution in [-0.2, 0) is 11.3 Å². The molecule has 1 unspecified atom stereocenters. The summed E-state index contributed by atoms with van der Waals surface area (Å²) >= 11 is 3.23. The van der Waals surface area contributed by atoms with Crippen molar-refractivity contribution in [3.05, 3.63) is 34.1 Å². The van der Waals surface area contributed by atoms with E-state index in [-0.39, 0.29) is 11.9 Å². The standard InChI is InChI=1S/C12H15BrFNO/c13-12-9(3-1-5-11(12)14)8-16-10-4-2-6-15-7-10/h1,3,5,10,15H,2,4,6-8H2. The molecule has 2 rings (SSSR count). The maximum Gasteiger partial charge on any atom is 0.137 e. The van der Waals surface area contributed by atoms with Crippen LogP contribution in [0.15, 0.2) is 22.7 Å². The van der Waals surface area contributed by atoms with E-state index in [2.05, 4.69) is 21.2 Å². The van der Waals surface area contributed by atoms with E-state index < -0.39 is 0 Å². The van der Waals surface area contributed by atoms with E-state index in [0.717, 1.165) is 31.5 Å². The zero-order valence-corrected chi connectivity index (χ0v) is 10.6. The highest BCUT2D eigenvalue weighted by molar-refractivity contribution is 9.10. The molecule has 0 radical (unpaired) electrons. The van der Waals surface area contributed by atoms with Crippen LogP contribution in [0.2, 0.25) is 0 Å². The summed E-state index contributed by atoms with van der Waals surface area (Å²) in [5, 5.41) is 3.29. The molecule has 1 N–H and O–H groups in total. The third-order valence-electron chi connectivity index (χ3n) is 2.76. The van der Waals surface area contributed by atoms with Crippen molar-refractivity contribution >= 4 is 15.9 Å². The number of rotatable bonds is 3. The number of hydrogen-bond donors (Lipinski definition) is 1. The molecule has 1 heterocycles. The van der Waals surface area contributed by atoms with Crippen LogP contribution in [0.3, 0.4) is 0 Å². The maximum atomic E-state index is 13.2. The smallest absolute Gasteiger partial charge is 0.137 e. The maximum absolute atomic E-state index is 13.2. The molecule has 1 aromatic rings. The fraction of sp³-hybridized carbons (Fsp3) is 0.500. The summed E-state index contributed by atoms with van der Waals surface area (Å²) in [6.07, 6.45) is 2.48. The quantitative estimate of drug-likeness (QED) is 0.923. The normalized spacial score (nSPS) is 21.0. The Labute approximate surface area is 103 Å². The summed E-state index contributed by atoms with van der Waals surface area (Å²) in [5.41, 5.74) is 0.866. The van der Waals surface area contributed by atoms with Gasteiger partial charge in [0.1, 0.15) is 5.82 Å². The van der Waals surface area contributed by atoms with E-state index in [0.29, 0.717) is 11.1 Å². The first kappa shape index (κ1) is 12.0. The Balaban J connectivity index is 1.91. The second-order valence-electron chi connectivity index (χ2n) is 3.99. The lowest BCUT2D eigenvalue weighted by atomic mass is 10.1. The number of piperidine rings is 1. The molecule has 1 fully saturated rings. The van der Waals surface area contributed by atoms with E-state index in [4.69, 9.17) is 4.74 Å². The molecule has 1 atom stereocenters. The van der Waals surface area contributed by atoms with E-state index in [1.807, 2.05) is 6.07 Å². The van der Waals surface area contributed by atoms with Crippen molar-refractivity contribution in [3.8, 4) is 0 Å². The highest BCUT2D eigenvalue weighted by atomic mass is 79.9. The van der Waals surface area contributed by atoms with E-state index in [1.54, 1.807) is 6.07 Å². The molecule has 0 aliphatic carbocycles. The molecule has 16 heavy (non-hydrogen) atoms. The SMILES string of the molecule is Fc1cccc(COC2CCCNC2)c1Br. The van der Waals surface area contributed by atoms with Gasteiger partial charge in [0.15, 0.2) is 0 Å². The Bertz CT molecular complexity index is 353. The first-order chi connectivity index (χ1) is 7.77. The third-order valence-corrected chi connectivity index (χ3v) is 3.65. The van der Waals surface area contributed by atoms with Crippen molar-refractivity contribution in [1.29, 1.82) is 0 Å². The molecule has 0 spiro atoms. The molecule has 0 amide bonds. The second-order valence-corrected chi connectivity index (χ2v) is 4.79. The average Bonchev–Trinajstić information content (AvgIpc) is 2.32. The minimum atomic E-state index is -0.233. The van der Waals surface area contributed by atoms with Gasteiger partial charge in [-0.2, -0.15) is 0 Å². The summed E-state index contributed by atoms with van der Waals surface area (Å²) in [4.78, 5) is 0. The largest absolute Gasteiger partial charge is 0.372 e. The van der Waals surface area contributed by atoms with Crippen LogP contribution in [0.25, 0.3) is 0 Å². The fourth-order valence-electron chi connectivity index (χ4n) is 1.83. The molecule has 0 bridgehead atoms. The lowest BCUT2D eigenvalue weighted by molar-refractivity contribution is 0.0249. The third kappa shape index (κ3) is 3.03. The number of hydrogen-bond acceptors (Lipinski definition) is 2. The summed E-state index contributed by atoms with van der Waals surface area (Å²) in [7, 11) is 0. The van der Waals surface area contributed by atoms with Crippen molar-refractivity contribution in [2.24, 2.45) is 0 Å². The summed E-state index contributed by atoms with van der Waals surface area (Å²) in [6, 6.07) is 5.02. The van der Waals surface area contributed by atoms with Gasteiger partial charge in [0.05, 0.1) is 17.2 Å². The molecular formula is C12H15BrFNO. The monoisotopic (exact) mass is 287 g/mol. The molecular weight excluding hydrogens is 273 g/mol. The van der Waals surface area contributed by atoms with Gasteiger partial charge in [-0.1, -0.05) is 12.1 Å². The van der Waals surface area contributed by atoms with Crippen molar-refractivity contribution in [2.45, 2.75) is 25.6 Å². The van der Waals surface area contributed by atoms with Gasteiger partial charge in [-0.25, -0.2) is 4.39 Å². The summed E-state index contributed by atoms with van der Waals surface area (Å²) < 4.78 is 19.5. The molecule has 88 valence electrons. The Morgan fingerprint density at radius 3 is 3.12 bits per heavy atom. The zero-order chi connectivity index (χ0) is 11.4. The van der Waals surface area contributed by atoms with E-state index in [1.165, 1.54) is 6.07 Å². The van der Waals surface area contributed by atoms with Gasteiger partial charge in [0.2, 0.25) is 0 Å². The number of halogens is 2. The minimum absolute atomic E-state index is 0.233. The molecule has 0 aromatic heterocycles. The number of nitrogens with one attached hydrogen (secondary N) is 1. The first-order valence-corrected chi connectivity index (χ1v) is 6.32. The Morgan fingerprint density at radius 2 is 2.38 bits per heavy atom. The van der Waals surface area contributed by atoms with Gasteiger partial charge in [-0.15, -0.1) is 0 Å². The van der Waals surface area contributed by atoms with Crippen molar-refractivity contribution in [3.63, 3.8) is 0 Å². The predicted molar refractivity (Wildman–Crippen MR) is 64.8 cm³/mol. The summed E-state index contributed by atoms with van der Waals surface area (Å²) in [6.45, 7) is 2.43. The van der Waals surface area contributed by atoms with Crippen molar-refractivity contribution in [2.75, 3.05) is 13.1 Å². The van der Waals surface area contributed by atoms with Gasteiger partial charge < -0.3 is 10.1 Å². The Hall–Kier alpha value is -0.450. The highest BCUT2D eigenvalue weighted by Gasteiger charge is 2.14. The lowest BCUT2D eigenvalue weighted by Crippen LogP contribution is -2.35. The Kier molecular flexibility index (Phi) is 4.32. The summed E-state index contributed by atoms with van der Waals surface area (Å²) in [5.74, 6) is -0.233.